The number of benzene rings is 5. The van der Waals surface area contributed by atoms with Gasteiger partial charge in [-0.05, 0) is 55.2 Å². The highest BCUT2D eigenvalue weighted by atomic mass is 14.2. The van der Waals surface area contributed by atoms with Crippen LogP contribution in [0.1, 0.15) is 5.56 Å². The molecule has 0 amide bonds. The summed E-state index contributed by atoms with van der Waals surface area (Å²) in [5.74, 6) is 2.79. The van der Waals surface area contributed by atoms with Gasteiger partial charge >= 0.3 is 0 Å². The van der Waals surface area contributed by atoms with Crippen molar-refractivity contribution in [1.82, 2.24) is 0 Å². The molecule has 0 N–H and O–H groups in total. The molecule has 0 radical (unpaired) electrons. The van der Waals surface area contributed by atoms with Gasteiger partial charge in [0.15, 0.2) is 0 Å². The minimum absolute atomic E-state index is 0.941. The number of rotatable bonds is 0. The van der Waals surface area contributed by atoms with Crippen LogP contribution in [0.2, 0.25) is 0 Å². The summed E-state index contributed by atoms with van der Waals surface area (Å²) < 4.78 is 0. The topological polar surface area (TPSA) is 0 Å². The molecule has 0 bridgehead atoms. The molecule has 5 rings (SSSR count). The van der Waals surface area contributed by atoms with Crippen LogP contribution in [0.25, 0.3) is 43.1 Å². The first kappa shape index (κ1) is 11.6. The van der Waals surface area contributed by atoms with Crippen LogP contribution in [0.4, 0.5) is 0 Å². The van der Waals surface area contributed by atoms with Crippen molar-refractivity contribution < 1.29 is 0 Å². The summed E-state index contributed by atoms with van der Waals surface area (Å²) in [5.41, 5.74) is 0.941. The first-order valence-electron chi connectivity index (χ1n) is 7.43. The number of terminal acetylenes is 1. The maximum absolute atomic E-state index is 5.66. The number of fused-ring (bicyclic) bond motifs is 2. The molecule has 0 nitrogen and oxygen atoms in total. The van der Waals surface area contributed by atoms with Gasteiger partial charge in [0.05, 0.1) is 0 Å². The van der Waals surface area contributed by atoms with E-state index in [2.05, 4.69) is 72.7 Å². The molecule has 5 aromatic rings. The standard InChI is InChI=1S/C22H12/c1-2-14-12-16-8-5-10-18-17-9-3-6-15-7-4-11-19(21(15)17)20(13-14)22(16)18/h1,3-13H. The highest BCUT2D eigenvalue weighted by Crippen LogP contribution is 2.40. The highest BCUT2D eigenvalue weighted by Gasteiger charge is 2.12. The summed E-state index contributed by atoms with van der Waals surface area (Å²) in [4.78, 5) is 0. The summed E-state index contributed by atoms with van der Waals surface area (Å²) in [6.07, 6.45) is 5.66. The predicted octanol–water partition coefficient (Wildman–Crippen LogP) is 5.72. The van der Waals surface area contributed by atoms with Crippen molar-refractivity contribution in [2.45, 2.75) is 0 Å². The molecule has 0 atom stereocenters. The lowest BCUT2D eigenvalue weighted by molar-refractivity contribution is 1.74. The summed E-state index contributed by atoms with van der Waals surface area (Å²) in [6, 6.07) is 23.8. The fourth-order valence-corrected chi connectivity index (χ4v) is 3.74. The molecule has 0 aliphatic heterocycles. The van der Waals surface area contributed by atoms with Gasteiger partial charge < -0.3 is 0 Å². The van der Waals surface area contributed by atoms with E-state index in [0.717, 1.165) is 5.56 Å². The second-order valence-electron chi connectivity index (χ2n) is 5.78. The Balaban J connectivity index is 2.26. The van der Waals surface area contributed by atoms with E-state index in [1.807, 2.05) is 0 Å². The molecular weight excluding hydrogens is 264 g/mol. The van der Waals surface area contributed by atoms with Crippen LogP contribution in [0.3, 0.4) is 0 Å². The second kappa shape index (κ2) is 4.00. The lowest BCUT2D eigenvalue weighted by atomic mass is 9.89. The fraction of sp³-hybridized carbons (Fsp3) is 0. The number of hydrogen-bond donors (Lipinski definition) is 0. The molecule has 0 saturated heterocycles. The van der Waals surface area contributed by atoms with Gasteiger partial charge in [0, 0.05) is 5.56 Å². The van der Waals surface area contributed by atoms with Gasteiger partial charge in [-0.25, -0.2) is 0 Å². The van der Waals surface area contributed by atoms with E-state index in [4.69, 9.17) is 6.42 Å². The Labute approximate surface area is 128 Å². The Morgan fingerprint density at radius 2 is 1.14 bits per heavy atom. The maximum Gasteiger partial charge on any atom is 0.0255 e. The third-order valence-corrected chi connectivity index (χ3v) is 4.63. The first-order chi connectivity index (χ1) is 10.9. The van der Waals surface area contributed by atoms with E-state index < -0.39 is 0 Å². The second-order valence-corrected chi connectivity index (χ2v) is 5.78. The molecule has 0 saturated carbocycles. The van der Waals surface area contributed by atoms with E-state index in [1.165, 1.54) is 43.1 Å². The zero-order chi connectivity index (χ0) is 14.7. The van der Waals surface area contributed by atoms with Gasteiger partial charge in [0.2, 0.25) is 0 Å². The summed E-state index contributed by atoms with van der Waals surface area (Å²) in [5, 5.41) is 10.3. The van der Waals surface area contributed by atoms with Crippen LogP contribution in [0.15, 0.2) is 66.7 Å². The average molecular weight is 276 g/mol. The van der Waals surface area contributed by atoms with Crippen molar-refractivity contribution in [1.29, 1.82) is 0 Å². The maximum atomic E-state index is 5.66. The van der Waals surface area contributed by atoms with Crippen molar-refractivity contribution in [2.24, 2.45) is 0 Å². The third kappa shape index (κ3) is 1.33. The lowest BCUT2D eigenvalue weighted by Crippen LogP contribution is -1.87. The van der Waals surface area contributed by atoms with Gasteiger partial charge in [-0.3, -0.25) is 0 Å². The highest BCUT2D eigenvalue weighted by molar-refractivity contribution is 6.32. The Hall–Kier alpha value is -3.04. The molecule has 5 aromatic carbocycles. The smallest absolute Gasteiger partial charge is 0.0255 e. The van der Waals surface area contributed by atoms with E-state index in [0.29, 0.717) is 0 Å². The van der Waals surface area contributed by atoms with E-state index in [1.54, 1.807) is 0 Å². The van der Waals surface area contributed by atoms with Crippen LogP contribution in [0, 0.1) is 12.3 Å². The van der Waals surface area contributed by atoms with Crippen LogP contribution in [-0.4, -0.2) is 0 Å². The molecule has 0 unspecified atom stereocenters. The zero-order valence-electron chi connectivity index (χ0n) is 11.9. The monoisotopic (exact) mass is 276 g/mol. The molecule has 0 heterocycles. The Morgan fingerprint density at radius 1 is 0.591 bits per heavy atom. The van der Waals surface area contributed by atoms with Crippen molar-refractivity contribution >= 4 is 43.1 Å². The minimum atomic E-state index is 0.941. The lowest BCUT2D eigenvalue weighted by Gasteiger charge is -2.14. The Morgan fingerprint density at radius 3 is 1.77 bits per heavy atom. The van der Waals surface area contributed by atoms with E-state index in [-0.39, 0.29) is 0 Å². The van der Waals surface area contributed by atoms with Crippen LogP contribution >= 0.6 is 0 Å². The fourth-order valence-electron chi connectivity index (χ4n) is 3.74. The molecule has 0 aromatic heterocycles. The van der Waals surface area contributed by atoms with Gasteiger partial charge in [-0.2, -0.15) is 0 Å². The molecule has 0 spiro atoms. The van der Waals surface area contributed by atoms with Gasteiger partial charge in [0.25, 0.3) is 0 Å². The molecule has 100 valence electrons. The van der Waals surface area contributed by atoms with Crippen molar-refractivity contribution in [2.75, 3.05) is 0 Å². The van der Waals surface area contributed by atoms with Crippen LogP contribution in [-0.2, 0) is 0 Å². The summed E-state index contributed by atoms with van der Waals surface area (Å²) in [6.45, 7) is 0. The van der Waals surface area contributed by atoms with E-state index in [9.17, 15) is 0 Å². The molecule has 0 heteroatoms. The number of hydrogen-bond acceptors (Lipinski definition) is 0. The quantitative estimate of drug-likeness (QED) is 0.193. The zero-order valence-corrected chi connectivity index (χ0v) is 11.9. The SMILES string of the molecule is C#Cc1cc2cccc3c4cccc5cccc(c(c1)c23)c54. The van der Waals surface area contributed by atoms with Crippen molar-refractivity contribution in [3.05, 3.63) is 72.3 Å². The Kier molecular flexibility index (Phi) is 2.11. The van der Waals surface area contributed by atoms with Crippen molar-refractivity contribution in [3.8, 4) is 12.3 Å². The van der Waals surface area contributed by atoms with Crippen LogP contribution in [0.5, 0.6) is 0 Å². The molecule has 0 aliphatic carbocycles. The summed E-state index contributed by atoms with van der Waals surface area (Å²) in [7, 11) is 0. The predicted molar refractivity (Wildman–Crippen MR) is 95.6 cm³/mol. The largest absolute Gasteiger partial charge is 0.115 e. The molecule has 22 heavy (non-hydrogen) atoms. The first-order valence-corrected chi connectivity index (χ1v) is 7.43. The van der Waals surface area contributed by atoms with E-state index >= 15 is 0 Å². The van der Waals surface area contributed by atoms with Gasteiger partial charge in [-0.15, -0.1) is 6.42 Å². The molecule has 0 aliphatic rings. The van der Waals surface area contributed by atoms with Gasteiger partial charge in [0.1, 0.15) is 0 Å². The average Bonchev–Trinajstić information content (AvgIpc) is 2.58. The Bertz CT molecular complexity index is 1210. The van der Waals surface area contributed by atoms with Crippen LogP contribution < -0.4 is 0 Å². The third-order valence-electron chi connectivity index (χ3n) is 4.63. The summed E-state index contributed by atoms with van der Waals surface area (Å²) >= 11 is 0. The molecule has 0 fully saturated rings. The minimum Gasteiger partial charge on any atom is -0.115 e. The van der Waals surface area contributed by atoms with Crippen molar-refractivity contribution in [3.63, 3.8) is 0 Å². The normalized spacial score (nSPS) is 11.6. The van der Waals surface area contributed by atoms with Gasteiger partial charge in [-0.1, -0.05) is 60.5 Å². The molecular formula is C22H12.